The minimum atomic E-state index is 0. The zero-order valence-corrected chi connectivity index (χ0v) is 18.8. The first kappa shape index (κ1) is 19.3. The number of fused-ring (bicyclic) bond motifs is 2. The number of benzene rings is 2. The van der Waals surface area contributed by atoms with Crippen molar-refractivity contribution in [2.45, 2.75) is 52.4 Å². The SMILES string of the molecule is CC1(C)c2c[c-]c(-c3cc4ccccc4cn3)cc2C(C)(C)C1(C)C.[Ir]. The molecule has 1 nitrogen and oxygen atoms in total. The van der Waals surface area contributed by atoms with Crippen molar-refractivity contribution in [3.63, 3.8) is 0 Å². The third kappa shape index (κ3) is 2.42. The normalized spacial score (nSPS) is 19.0. The number of nitrogens with zero attached hydrogens (tertiary/aromatic N) is 1. The van der Waals surface area contributed by atoms with E-state index in [0.29, 0.717) is 0 Å². The summed E-state index contributed by atoms with van der Waals surface area (Å²) in [7, 11) is 0. The van der Waals surface area contributed by atoms with Crippen LogP contribution in [0.2, 0.25) is 0 Å². The van der Waals surface area contributed by atoms with Crippen molar-refractivity contribution < 1.29 is 20.1 Å². The van der Waals surface area contributed by atoms with Gasteiger partial charge in [-0.2, -0.15) is 0 Å². The van der Waals surface area contributed by atoms with Gasteiger partial charge in [0.2, 0.25) is 0 Å². The molecule has 0 fully saturated rings. The molecule has 0 amide bonds. The van der Waals surface area contributed by atoms with E-state index in [1.54, 1.807) is 0 Å². The molecule has 0 unspecified atom stereocenters. The van der Waals surface area contributed by atoms with Gasteiger partial charge in [-0.3, -0.25) is 0 Å². The van der Waals surface area contributed by atoms with Crippen LogP contribution in [0.3, 0.4) is 0 Å². The minimum Gasteiger partial charge on any atom is -0.304 e. The van der Waals surface area contributed by atoms with E-state index in [1.165, 1.54) is 21.9 Å². The predicted octanol–water partition coefficient (Wildman–Crippen LogP) is 6.29. The van der Waals surface area contributed by atoms with E-state index in [4.69, 9.17) is 4.98 Å². The first-order chi connectivity index (χ1) is 11.7. The molecule has 1 aromatic heterocycles. The van der Waals surface area contributed by atoms with E-state index in [1.807, 2.05) is 6.20 Å². The Morgan fingerprint density at radius 1 is 0.808 bits per heavy atom. The van der Waals surface area contributed by atoms with Gasteiger partial charge in [-0.25, -0.2) is 0 Å². The van der Waals surface area contributed by atoms with Crippen LogP contribution in [0.1, 0.15) is 52.7 Å². The quantitative estimate of drug-likeness (QED) is 0.344. The average Bonchev–Trinajstić information content (AvgIpc) is 2.69. The summed E-state index contributed by atoms with van der Waals surface area (Å²) in [5, 5.41) is 2.40. The summed E-state index contributed by atoms with van der Waals surface area (Å²) in [5.41, 5.74) is 5.35. The van der Waals surface area contributed by atoms with Crippen LogP contribution in [0.4, 0.5) is 0 Å². The van der Waals surface area contributed by atoms with Gasteiger partial charge in [0.05, 0.1) is 0 Å². The van der Waals surface area contributed by atoms with Crippen molar-refractivity contribution in [1.82, 2.24) is 4.98 Å². The van der Waals surface area contributed by atoms with E-state index in [-0.39, 0.29) is 36.4 Å². The molecule has 0 spiro atoms. The molecule has 3 aromatic rings. The van der Waals surface area contributed by atoms with Crippen LogP contribution in [0.25, 0.3) is 22.0 Å². The van der Waals surface area contributed by atoms with Gasteiger partial charge >= 0.3 is 0 Å². The van der Waals surface area contributed by atoms with Gasteiger partial charge in [0.1, 0.15) is 0 Å². The summed E-state index contributed by atoms with van der Waals surface area (Å²) in [4.78, 5) is 4.69. The smallest absolute Gasteiger partial charge is 0.0239 e. The molecule has 0 N–H and O–H groups in total. The molecule has 137 valence electrons. The summed E-state index contributed by atoms with van der Waals surface area (Å²) in [6.45, 7) is 14.3. The van der Waals surface area contributed by atoms with Crippen LogP contribution < -0.4 is 0 Å². The maximum absolute atomic E-state index is 4.69. The number of aromatic nitrogens is 1. The molecule has 1 heterocycles. The van der Waals surface area contributed by atoms with Crippen molar-refractivity contribution in [3.8, 4) is 11.3 Å². The molecule has 4 rings (SSSR count). The Bertz CT molecular complexity index is 982. The Labute approximate surface area is 170 Å². The molecule has 1 aliphatic rings. The second-order valence-electron chi connectivity index (χ2n) is 8.97. The topological polar surface area (TPSA) is 12.9 Å². The molecule has 2 aromatic carbocycles. The summed E-state index contributed by atoms with van der Waals surface area (Å²) >= 11 is 0. The van der Waals surface area contributed by atoms with Gasteiger partial charge in [-0.15, -0.1) is 34.9 Å². The maximum atomic E-state index is 4.69. The summed E-state index contributed by atoms with van der Waals surface area (Å²) < 4.78 is 0. The van der Waals surface area contributed by atoms with Crippen LogP contribution in [0.15, 0.2) is 48.7 Å². The van der Waals surface area contributed by atoms with E-state index in [2.05, 4.69) is 90.1 Å². The first-order valence-electron chi connectivity index (χ1n) is 9.08. The summed E-state index contributed by atoms with van der Waals surface area (Å²) in [6.07, 6.45) is 1.96. The van der Waals surface area contributed by atoms with Crippen LogP contribution in [-0.4, -0.2) is 4.98 Å². The summed E-state index contributed by atoms with van der Waals surface area (Å²) in [5.74, 6) is 0. The Kier molecular flexibility index (Phi) is 4.45. The van der Waals surface area contributed by atoms with E-state index < -0.39 is 0 Å². The molecule has 0 atom stereocenters. The van der Waals surface area contributed by atoms with Crippen LogP contribution >= 0.6 is 0 Å². The van der Waals surface area contributed by atoms with Gasteiger partial charge < -0.3 is 4.98 Å². The van der Waals surface area contributed by atoms with Crippen molar-refractivity contribution in [3.05, 3.63) is 65.9 Å². The fourth-order valence-electron chi connectivity index (χ4n) is 4.36. The third-order valence-corrected chi connectivity index (χ3v) is 7.33. The van der Waals surface area contributed by atoms with Gasteiger partial charge in [0.25, 0.3) is 0 Å². The molecule has 2 heteroatoms. The molecule has 26 heavy (non-hydrogen) atoms. The van der Waals surface area contributed by atoms with Gasteiger partial charge in [0, 0.05) is 26.3 Å². The minimum absolute atomic E-state index is 0. The number of rotatable bonds is 1. The molecule has 0 saturated heterocycles. The molecular weight excluding hydrogens is 494 g/mol. The molecule has 0 bridgehead atoms. The standard InChI is InChI=1S/C24H26N.Ir/c1-22(2)19-12-11-17(13-20(19)23(3,4)24(22,5)6)21-14-16-9-7-8-10-18(16)15-25-21;/h7-10,12-15H,1-6H3;/q-1;. The van der Waals surface area contributed by atoms with E-state index >= 15 is 0 Å². The van der Waals surface area contributed by atoms with Gasteiger partial charge in [-0.1, -0.05) is 71.9 Å². The monoisotopic (exact) mass is 521 g/mol. The average molecular weight is 521 g/mol. The molecule has 1 aliphatic carbocycles. The Balaban J connectivity index is 0.00000196. The summed E-state index contributed by atoms with van der Waals surface area (Å²) in [6, 6.07) is 18.6. The van der Waals surface area contributed by atoms with E-state index in [0.717, 1.165) is 11.3 Å². The van der Waals surface area contributed by atoms with Crippen LogP contribution in [0.5, 0.6) is 0 Å². The second-order valence-corrected chi connectivity index (χ2v) is 8.97. The van der Waals surface area contributed by atoms with Crippen molar-refractivity contribution in [1.29, 1.82) is 0 Å². The number of hydrogen-bond donors (Lipinski definition) is 0. The zero-order chi connectivity index (χ0) is 18.0. The Hall–Kier alpha value is -1.50. The molecule has 0 saturated carbocycles. The van der Waals surface area contributed by atoms with Crippen LogP contribution in [0, 0.1) is 11.5 Å². The predicted molar refractivity (Wildman–Crippen MR) is 106 cm³/mol. The number of pyridine rings is 1. The molecule has 1 radical (unpaired) electrons. The zero-order valence-electron chi connectivity index (χ0n) is 16.4. The third-order valence-electron chi connectivity index (χ3n) is 7.33. The molecule has 0 aliphatic heterocycles. The van der Waals surface area contributed by atoms with Crippen molar-refractivity contribution >= 4 is 10.8 Å². The Morgan fingerprint density at radius 3 is 2.12 bits per heavy atom. The van der Waals surface area contributed by atoms with Crippen LogP contribution in [-0.2, 0) is 30.9 Å². The second kappa shape index (κ2) is 6.01. The fourth-order valence-corrected chi connectivity index (χ4v) is 4.36. The number of hydrogen-bond acceptors (Lipinski definition) is 1. The van der Waals surface area contributed by atoms with Crippen molar-refractivity contribution in [2.24, 2.45) is 5.41 Å². The Morgan fingerprint density at radius 2 is 1.42 bits per heavy atom. The van der Waals surface area contributed by atoms with Gasteiger partial charge in [-0.05, 0) is 32.7 Å². The van der Waals surface area contributed by atoms with Gasteiger partial charge in [0.15, 0.2) is 0 Å². The van der Waals surface area contributed by atoms with E-state index in [9.17, 15) is 0 Å². The first-order valence-corrected chi connectivity index (χ1v) is 9.08. The fraction of sp³-hybridized carbons (Fsp3) is 0.375. The maximum Gasteiger partial charge on any atom is 0.0239 e. The van der Waals surface area contributed by atoms with Crippen molar-refractivity contribution in [2.75, 3.05) is 0 Å². The molecular formula is C24H26IrN-. The largest absolute Gasteiger partial charge is 0.304 e.